The fourth-order valence-corrected chi connectivity index (χ4v) is 5.71. The average Bonchev–Trinajstić information content (AvgIpc) is 2.84. The van der Waals surface area contributed by atoms with Crippen molar-refractivity contribution in [2.24, 2.45) is 0 Å². The fourth-order valence-electron chi connectivity index (χ4n) is 4.18. The molecule has 37 heavy (non-hydrogen) atoms. The predicted molar refractivity (Wildman–Crippen MR) is 139 cm³/mol. The van der Waals surface area contributed by atoms with Gasteiger partial charge >= 0.3 is 6.18 Å². The van der Waals surface area contributed by atoms with E-state index >= 15 is 0 Å². The second-order valence-corrected chi connectivity index (χ2v) is 11.6. The summed E-state index contributed by atoms with van der Waals surface area (Å²) in [7, 11) is -2.39. The minimum Gasteiger partial charge on any atom is -0.493 e. The summed E-state index contributed by atoms with van der Waals surface area (Å²) >= 11 is 0. The van der Waals surface area contributed by atoms with E-state index in [9.17, 15) is 27.1 Å². The van der Waals surface area contributed by atoms with Crippen LogP contribution >= 0.6 is 10.6 Å². The molecule has 0 unspecified atom stereocenters. The van der Waals surface area contributed by atoms with Gasteiger partial charge in [-0.1, -0.05) is 6.07 Å². The number of rotatable bonds is 8. The summed E-state index contributed by atoms with van der Waals surface area (Å²) in [6.45, 7) is 2.02. The van der Waals surface area contributed by atoms with Gasteiger partial charge in [0.15, 0.2) is 0 Å². The molecule has 0 saturated carbocycles. The molecule has 0 spiro atoms. The number of fused-ring (bicyclic) bond motifs is 1. The predicted octanol–water partition coefficient (Wildman–Crippen LogP) is 6.13. The minimum atomic E-state index is -4.28. The summed E-state index contributed by atoms with van der Waals surface area (Å²) in [6.07, 6.45) is -2.06. The van der Waals surface area contributed by atoms with E-state index in [0.29, 0.717) is 29.3 Å². The lowest BCUT2D eigenvalue weighted by molar-refractivity contribution is -0.139. The number of nitrogens with one attached hydrogen (secondary N) is 2. The zero-order valence-corrected chi connectivity index (χ0v) is 21.2. The number of alkyl halides is 3. The number of aryl methyl sites for hydroxylation is 1. The molecule has 7 nitrogen and oxygen atoms in total. The van der Waals surface area contributed by atoms with Gasteiger partial charge < -0.3 is 15.4 Å². The maximum Gasteiger partial charge on any atom is 0.392 e. The van der Waals surface area contributed by atoms with Gasteiger partial charge in [-0.3, -0.25) is 18.9 Å². The van der Waals surface area contributed by atoms with Gasteiger partial charge in [-0.2, -0.15) is 23.8 Å². The third kappa shape index (κ3) is 7.57. The Kier molecular flexibility index (Phi) is 8.27. The standard InChI is InChI=1S/C26H30F3N3O4S/c1-17-23(32-25(33)19-2-5-22(6-3-19)36-11-10-26(27,28)29)7-4-20-14-18(16-31-24(17)20)15-30-21-8-12-37(34,35)13-9-21/h2-7,14,16,21,30,34-35H,8-13,15H2,1H3,(H,32,33). The van der Waals surface area contributed by atoms with Crippen LogP contribution in [0.3, 0.4) is 0 Å². The number of benzene rings is 2. The zero-order chi connectivity index (χ0) is 26.6. The van der Waals surface area contributed by atoms with Gasteiger partial charge in [0.2, 0.25) is 0 Å². The molecule has 4 N–H and O–H groups in total. The summed E-state index contributed by atoms with van der Waals surface area (Å²) in [6, 6.07) is 11.9. The number of ether oxygens (including phenoxy) is 1. The van der Waals surface area contributed by atoms with Crippen LogP contribution in [0.1, 0.15) is 40.7 Å². The van der Waals surface area contributed by atoms with Gasteiger partial charge in [0.25, 0.3) is 5.91 Å². The molecule has 1 saturated heterocycles. The smallest absolute Gasteiger partial charge is 0.392 e. The fraction of sp³-hybridized carbons (Fsp3) is 0.385. The van der Waals surface area contributed by atoms with Crippen LogP contribution < -0.4 is 15.4 Å². The largest absolute Gasteiger partial charge is 0.493 e. The first-order valence-electron chi connectivity index (χ1n) is 12.0. The Morgan fingerprint density at radius 2 is 1.84 bits per heavy atom. The van der Waals surface area contributed by atoms with E-state index in [-0.39, 0.29) is 17.7 Å². The summed E-state index contributed by atoms with van der Waals surface area (Å²) in [4.78, 5) is 17.3. The highest BCUT2D eigenvalue weighted by atomic mass is 32.3. The molecule has 1 amide bonds. The summed E-state index contributed by atoms with van der Waals surface area (Å²) in [5, 5.41) is 7.28. The summed E-state index contributed by atoms with van der Waals surface area (Å²) in [5.74, 6) is 0.786. The van der Waals surface area contributed by atoms with Crippen LogP contribution in [0.15, 0.2) is 48.7 Å². The lowest BCUT2D eigenvalue weighted by Crippen LogP contribution is -2.35. The minimum absolute atomic E-state index is 0.246. The molecular formula is C26H30F3N3O4S. The molecule has 1 aromatic heterocycles. The van der Waals surface area contributed by atoms with Crippen molar-refractivity contribution in [3.8, 4) is 5.75 Å². The molecule has 11 heteroatoms. The first-order chi connectivity index (χ1) is 17.5. The number of halogens is 3. The Bertz CT molecular complexity index is 1240. The highest BCUT2D eigenvalue weighted by Gasteiger charge is 2.27. The van der Waals surface area contributed by atoms with Crippen LogP contribution in [0.4, 0.5) is 18.9 Å². The molecule has 3 aromatic rings. The highest BCUT2D eigenvalue weighted by molar-refractivity contribution is 8.24. The number of anilines is 1. The molecule has 0 radical (unpaired) electrons. The number of nitrogens with zero attached hydrogens (tertiary/aromatic N) is 1. The zero-order valence-electron chi connectivity index (χ0n) is 20.3. The average molecular weight is 538 g/mol. The number of pyridine rings is 1. The van der Waals surface area contributed by atoms with Crippen LogP contribution in [-0.4, -0.2) is 50.3 Å². The molecule has 2 heterocycles. The first-order valence-corrected chi connectivity index (χ1v) is 13.8. The molecule has 1 aliphatic rings. The maximum absolute atomic E-state index is 12.7. The van der Waals surface area contributed by atoms with Gasteiger partial charge in [-0.15, -0.1) is 0 Å². The molecule has 1 aliphatic heterocycles. The normalized spacial score (nSPS) is 16.9. The van der Waals surface area contributed by atoms with Crippen molar-refractivity contribution in [2.75, 3.05) is 23.4 Å². The van der Waals surface area contributed by atoms with Crippen molar-refractivity contribution in [3.63, 3.8) is 0 Å². The highest BCUT2D eigenvalue weighted by Crippen LogP contribution is 2.43. The van der Waals surface area contributed by atoms with E-state index in [4.69, 9.17) is 4.74 Å². The monoisotopic (exact) mass is 537 g/mol. The van der Waals surface area contributed by atoms with E-state index in [0.717, 1.165) is 34.9 Å². The van der Waals surface area contributed by atoms with Crippen LogP contribution in [-0.2, 0) is 6.54 Å². The Labute approximate surface area is 214 Å². The van der Waals surface area contributed by atoms with Gasteiger partial charge in [-0.25, -0.2) is 0 Å². The molecule has 4 rings (SSSR count). The van der Waals surface area contributed by atoms with Crippen molar-refractivity contribution in [2.45, 2.75) is 44.9 Å². The number of hydrogen-bond acceptors (Lipinski definition) is 6. The van der Waals surface area contributed by atoms with E-state index < -0.39 is 29.8 Å². The lowest BCUT2D eigenvalue weighted by Gasteiger charge is -2.39. The molecule has 0 atom stereocenters. The second kappa shape index (κ2) is 11.3. The quantitative estimate of drug-likeness (QED) is 0.276. The molecule has 0 bridgehead atoms. The van der Waals surface area contributed by atoms with Crippen molar-refractivity contribution in [3.05, 3.63) is 65.4 Å². The van der Waals surface area contributed by atoms with Crippen LogP contribution in [0.5, 0.6) is 5.75 Å². The van der Waals surface area contributed by atoms with Crippen molar-refractivity contribution < 1.29 is 31.8 Å². The molecule has 1 fully saturated rings. The maximum atomic E-state index is 12.7. The number of carbonyl (C=O) groups is 1. The van der Waals surface area contributed by atoms with Crippen molar-refractivity contribution in [1.82, 2.24) is 10.3 Å². The van der Waals surface area contributed by atoms with Crippen LogP contribution in [0, 0.1) is 6.92 Å². The summed E-state index contributed by atoms with van der Waals surface area (Å²) < 4.78 is 61.4. The Morgan fingerprint density at radius 1 is 1.14 bits per heavy atom. The second-order valence-electron chi connectivity index (χ2n) is 9.21. The third-order valence-corrected chi connectivity index (χ3v) is 8.14. The topological polar surface area (TPSA) is 104 Å². The SMILES string of the molecule is Cc1c(NC(=O)c2ccc(OCCC(F)(F)F)cc2)ccc2cc(CNC3CCS(O)(O)CC3)cnc12. The van der Waals surface area contributed by atoms with E-state index in [1.165, 1.54) is 24.3 Å². The van der Waals surface area contributed by atoms with Crippen molar-refractivity contribution >= 4 is 33.1 Å². The Balaban J connectivity index is 1.35. The summed E-state index contributed by atoms with van der Waals surface area (Å²) in [5.41, 5.74) is 3.55. The van der Waals surface area contributed by atoms with Gasteiger partial charge in [0.1, 0.15) is 5.75 Å². The number of carbonyl (C=O) groups excluding carboxylic acids is 1. The van der Waals surface area contributed by atoms with Gasteiger partial charge in [0, 0.05) is 46.9 Å². The first kappa shape index (κ1) is 27.2. The van der Waals surface area contributed by atoms with Crippen LogP contribution in [0.25, 0.3) is 10.9 Å². The molecular weight excluding hydrogens is 507 g/mol. The van der Waals surface area contributed by atoms with E-state index in [1.54, 1.807) is 6.20 Å². The van der Waals surface area contributed by atoms with E-state index in [1.807, 2.05) is 25.1 Å². The van der Waals surface area contributed by atoms with Gasteiger partial charge in [0.05, 0.1) is 18.5 Å². The number of aromatic nitrogens is 1. The Hall–Kier alpha value is -2.86. The number of hydrogen-bond donors (Lipinski definition) is 4. The van der Waals surface area contributed by atoms with E-state index in [2.05, 4.69) is 15.6 Å². The molecule has 200 valence electrons. The Morgan fingerprint density at radius 3 is 2.51 bits per heavy atom. The van der Waals surface area contributed by atoms with Crippen molar-refractivity contribution in [1.29, 1.82) is 0 Å². The molecule has 0 aliphatic carbocycles. The number of amides is 1. The van der Waals surface area contributed by atoms with Crippen LogP contribution in [0.2, 0.25) is 0 Å². The third-order valence-electron chi connectivity index (χ3n) is 6.36. The van der Waals surface area contributed by atoms with Gasteiger partial charge in [-0.05, 0) is 67.3 Å². The molecule has 2 aromatic carbocycles. The lowest BCUT2D eigenvalue weighted by atomic mass is 10.1.